The Hall–Kier alpha value is -2.46. The Morgan fingerprint density at radius 2 is 1.50 bits per heavy atom. The van der Waals surface area contributed by atoms with Crippen LogP contribution < -0.4 is 0 Å². The highest BCUT2D eigenvalue weighted by Gasteiger charge is 2.14. The minimum Gasteiger partial charge on any atom is -0.286 e. The first-order valence-electron chi connectivity index (χ1n) is 8.04. The van der Waals surface area contributed by atoms with Gasteiger partial charge in [-0.2, -0.15) is 0 Å². The minimum absolute atomic E-state index is 0.303. The van der Waals surface area contributed by atoms with Gasteiger partial charge in [0.25, 0.3) is 0 Å². The second-order valence-corrected chi connectivity index (χ2v) is 6.69. The summed E-state index contributed by atoms with van der Waals surface area (Å²) in [5.74, 6) is 0.303. The normalized spacial score (nSPS) is 13.0. The van der Waals surface area contributed by atoms with Crippen molar-refractivity contribution >= 4 is 11.7 Å². The zero-order valence-corrected chi connectivity index (χ0v) is 14.8. The van der Waals surface area contributed by atoms with Gasteiger partial charge in [0.05, 0.1) is 11.3 Å². The van der Waals surface area contributed by atoms with Crippen molar-refractivity contribution in [2.24, 2.45) is 9.98 Å². The molecule has 0 heterocycles. The molecular weight excluding hydrogens is 298 g/mol. The Kier molecular flexibility index (Phi) is 5.88. The molecule has 0 aromatic heterocycles. The average molecular weight is 323 g/mol. The Bertz CT molecular complexity index is 699. The summed E-state index contributed by atoms with van der Waals surface area (Å²) < 4.78 is 0. The number of rotatable bonds is 3. The van der Waals surface area contributed by atoms with Crippen molar-refractivity contribution in [3.8, 4) is 0 Å². The fraction of sp³-hybridized carbons (Fsp3) is 0.300. The molecule has 0 bridgehead atoms. The lowest BCUT2D eigenvalue weighted by Gasteiger charge is -2.18. The van der Waals surface area contributed by atoms with E-state index in [-0.39, 0.29) is 5.54 Å². The maximum Gasteiger partial charge on any atom is 0.245 e. The first kappa shape index (κ1) is 17.9. The van der Waals surface area contributed by atoms with Crippen LogP contribution in [0.2, 0.25) is 0 Å². The highest BCUT2D eigenvalue weighted by Crippen LogP contribution is 2.12. The minimum atomic E-state index is -0.329. The molecule has 0 fully saturated rings. The number of hydroxylamine groups is 2. The van der Waals surface area contributed by atoms with E-state index in [2.05, 4.69) is 22.1 Å². The van der Waals surface area contributed by atoms with Gasteiger partial charge < -0.3 is 0 Å². The van der Waals surface area contributed by atoms with Gasteiger partial charge >= 0.3 is 0 Å². The van der Waals surface area contributed by atoms with Crippen LogP contribution in [0.25, 0.3) is 0 Å². The van der Waals surface area contributed by atoms with Crippen molar-refractivity contribution in [1.82, 2.24) is 5.06 Å². The maximum absolute atomic E-state index is 9.93. The lowest BCUT2D eigenvalue weighted by molar-refractivity contribution is 0.0112. The van der Waals surface area contributed by atoms with Crippen LogP contribution in [0, 0.1) is 0 Å². The Morgan fingerprint density at radius 3 is 2.00 bits per heavy atom. The molecular formula is C20H25N3O. The summed E-state index contributed by atoms with van der Waals surface area (Å²) in [4.78, 5) is 9.19. The zero-order valence-electron chi connectivity index (χ0n) is 14.8. The van der Waals surface area contributed by atoms with Crippen molar-refractivity contribution in [2.75, 3.05) is 7.05 Å². The van der Waals surface area contributed by atoms with E-state index in [1.54, 1.807) is 7.05 Å². The highest BCUT2D eigenvalue weighted by molar-refractivity contribution is 6.07. The second kappa shape index (κ2) is 7.88. The van der Waals surface area contributed by atoms with Crippen molar-refractivity contribution in [3.05, 3.63) is 71.8 Å². The summed E-state index contributed by atoms with van der Waals surface area (Å²) in [6.45, 7) is 5.93. The topological polar surface area (TPSA) is 48.2 Å². The van der Waals surface area contributed by atoms with Crippen LogP contribution in [-0.2, 0) is 6.42 Å². The van der Waals surface area contributed by atoms with Gasteiger partial charge in [-0.3, -0.25) is 5.21 Å². The highest BCUT2D eigenvalue weighted by atomic mass is 16.5. The summed E-state index contributed by atoms with van der Waals surface area (Å²) in [6.07, 6.45) is 0.669. The molecule has 4 nitrogen and oxygen atoms in total. The van der Waals surface area contributed by atoms with Gasteiger partial charge in [-0.1, -0.05) is 60.7 Å². The molecule has 2 rings (SSSR count). The number of benzene rings is 2. The average Bonchev–Trinajstić information content (AvgIpc) is 2.54. The van der Waals surface area contributed by atoms with E-state index in [9.17, 15) is 5.21 Å². The Balaban J connectivity index is 2.46. The summed E-state index contributed by atoms with van der Waals surface area (Å²) in [5, 5.41) is 10.9. The van der Waals surface area contributed by atoms with Crippen LogP contribution in [0.5, 0.6) is 0 Å². The summed E-state index contributed by atoms with van der Waals surface area (Å²) in [5.41, 5.74) is 2.72. The fourth-order valence-electron chi connectivity index (χ4n) is 2.22. The molecule has 0 amide bonds. The fourth-order valence-corrected chi connectivity index (χ4v) is 2.22. The maximum atomic E-state index is 9.93. The molecule has 0 atom stereocenters. The molecule has 4 heteroatoms. The molecule has 0 unspecified atom stereocenters. The smallest absolute Gasteiger partial charge is 0.245 e. The molecule has 24 heavy (non-hydrogen) atoms. The third-order valence-electron chi connectivity index (χ3n) is 3.28. The van der Waals surface area contributed by atoms with E-state index in [0.29, 0.717) is 12.4 Å². The van der Waals surface area contributed by atoms with Crippen LogP contribution in [0.4, 0.5) is 0 Å². The Labute approximate surface area is 144 Å². The van der Waals surface area contributed by atoms with Crippen molar-refractivity contribution in [3.63, 3.8) is 0 Å². The van der Waals surface area contributed by atoms with E-state index < -0.39 is 0 Å². The summed E-state index contributed by atoms with van der Waals surface area (Å²) in [7, 11) is 1.54. The number of hydrogen-bond acceptors (Lipinski definition) is 2. The molecule has 2 aromatic rings. The number of nitrogens with zero attached hydrogens (tertiary/aromatic N) is 3. The van der Waals surface area contributed by atoms with Crippen molar-refractivity contribution < 1.29 is 5.21 Å². The van der Waals surface area contributed by atoms with Gasteiger partial charge in [-0.25, -0.2) is 15.0 Å². The van der Waals surface area contributed by atoms with E-state index in [1.165, 1.54) is 0 Å². The van der Waals surface area contributed by atoms with Crippen LogP contribution in [-0.4, -0.2) is 34.5 Å². The molecule has 0 radical (unpaired) electrons. The lowest BCUT2D eigenvalue weighted by atomic mass is 10.0. The summed E-state index contributed by atoms with van der Waals surface area (Å²) >= 11 is 0. The third kappa shape index (κ3) is 5.63. The van der Waals surface area contributed by atoms with Gasteiger partial charge in [-0.05, 0) is 31.9 Å². The molecule has 0 aliphatic heterocycles. The van der Waals surface area contributed by atoms with Gasteiger partial charge in [0.2, 0.25) is 5.96 Å². The van der Waals surface area contributed by atoms with Gasteiger partial charge in [0, 0.05) is 13.5 Å². The van der Waals surface area contributed by atoms with Crippen LogP contribution in [0.15, 0.2) is 70.6 Å². The predicted octanol–water partition coefficient (Wildman–Crippen LogP) is 4.19. The standard InChI is InChI=1S/C20H25N3O/c1-20(2,3)22-19(23(4)24)21-18(17-13-9-6-10-14-17)15-16-11-7-5-8-12-16/h5-14,24H,15H2,1-4H3. The lowest BCUT2D eigenvalue weighted by Crippen LogP contribution is -2.27. The van der Waals surface area contributed by atoms with Crippen LogP contribution in [0.3, 0.4) is 0 Å². The number of aliphatic imine (C=N–C) groups is 2. The number of guanidine groups is 1. The Morgan fingerprint density at radius 1 is 0.958 bits per heavy atom. The molecule has 0 aliphatic rings. The third-order valence-corrected chi connectivity index (χ3v) is 3.28. The molecule has 0 spiro atoms. The van der Waals surface area contributed by atoms with E-state index in [4.69, 9.17) is 0 Å². The molecule has 126 valence electrons. The van der Waals surface area contributed by atoms with Crippen molar-refractivity contribution in [1.29, 1.82) is 0 Å². The van der Waals surface area contributed by atoms with Gasteiger partial charge in [-0.15, -0.1) is 0 Å². The largest absolute Gasteiger partial charge is 0.286 e. The van der Waals surface area contributed by atoms with Crippen LogP contribution >= 0.6 is 0 Å². The van der Waals surface area contributed by atoms with E-state index >= 15 is 0 Å². The summed E-state index contributed by atoms with van der Waals surface area (Å²) in [6, 6.07) is 20.2. The van der Waals surface area contributed by atoms with Gasteiger partial charge in [0.1, 0.15) is 0 Å². The molecule has 1 N–H and O–H groups in total. The number of hydrogen-bond donors (Lipinski definition) is 1. The first-order chi connectivity index (χ1) is 11.3. The van der Waals surface area contributed by atoms with Crippen molar-refractivity contribution in [2.45, 2.75) is 32.7 Å². The zero-order chi connectivity index (χ0) is 17.6. The quantitative estimate of drug-likeness (QED) is 0.523. The predicted molar refractivity (Wildman–Crippen MR) is 99.9 cm³/mol. The molecule has 0 saturated heterocycles. The molecule has 0 aliphatic carbocycles. The van der Waals surface area contributed by atoms with E-state index in [1.807, 2.05) is 69.3 Å². The van der Waals surface area contributed by atoms with Crippen LogP contribution in [0.1, 0.15) is 31.9 Å². The van der Waals surface area contributed by atoms with E-state index in [0.717, 1.165) is 21.9 Å². The molecule has 2 aromatic carbocycles. The monoisotopic (exact) mass is 323 g/mol. The molecule has 0 saturated carbocycles. The SMILES string of the molecule is CN(O)C(N=C(Cc1ccccc1)c1ccccc1)=NC(C)(C)C. The second-order valence-electron chi connectivity index (χ2n) is 6.69. The van der Waals surface area contributed by atoms with Gasteiger partial charge in [0.15, 0.2) is 0 Å². The first-order valence-corrected chi connectivity index (χ1v) is 8.04.